The van der Waals surface area contributed by atoms with E-state index >= 15 is 0 Å². The van der Waals surface area contributed by atoms with Gasteiger partial charge in [-0.2, -0.15) is 0 Å². The molecule has 0 aliphatic heterocycles. The number of carbonyl (C=O) groups is 1. The number of anilines is 1. The molecule has 1 rings (SSSR count). The van der Waals surface area contributed by atoms with Crippen molar-refractivity contribution in [3.8, 4) is 0 Å². The summed E-state index contributed by atoms with van der Waals surface area (Å²) in [6, 6.07) is 0. The van der Waals surface area contributed by atoms with Crippen molar-refractivity contribution in [2.45, 2.75) is 33.1 Å². The zero-order chi connectivity index (χ0) is 12.0. The maximum absolute atomic E-state index is 11.3. The van der Waals surface area contributed by atoms with E-state index in [2.05, 4.69) is 34.7 Å². The Labute approximate surface area is 99.7 Å². The first-order chi connectivity index (χ1) is 7.63. The van der Waals surface area contributed by atoms with Crippen LogP contribution in [-0.4, -0.2) is 29.2 Å². The molecule has 0 aliphatic rings. The molecular formula is C10H18N4OS. The van der Waals surface area contributed by atoms with Crippen LogP contribution >= 0.6 is 11.3 Å². The first-order valence-corrected chi connectivity index (χ1v) is 6.29. The summed E-state index contributed by atoms with van der Waals surface area (Å²) in [6.45, 7) is 7.13. The van der Waals surface area contributed by atoms with Gasteiger partial charge in [0.25, 0.3) is 0 Å². The molecule has 1 heterocycles. The van der Waals surface area contributed by atoms with Crippen LogP contribution in [-0.2, 0) is 4.79 Å². The third-order valence-electron chi connectivity index (χ3n) is 1.91. The quantitative estimate of drug-likeness (QED) is 0.795. The number of hydrogen-bond donors (Lipinski definition) is 2. The fourth-order valence-corrected chi connectivity index (χ4v) is 1.76. The van der Waals surface area contributed by atoms with Crippen molar-refractivity contribution in [1.82, 2.24) is 15.5 Å². The maximum Gasteiger partial charge on any atom is 0.239 e. The van der Waals surface area contributed by atoms with Gasteiger partial charge < -0.3 is 10.6 Å². The molecule has 0 aromatic carbocycles. The van der Waals surface area contributed by atoms with Gasteiger partial charge in [0, 0.05) is 12.5 Å². The normalized spacial score (nSPS) is 10.5. The molecule has 1 aromatic heterocycles. The van der Waals surface area contributed by atoms with Gasteiger partial charge in [-0.15, -0.1) is 10.2 Å². The topological polar surface area (TPSA) is 66.9 Å². The second-order valence-electron chi connectivity index (χ2n) is 3.80. The van der Waals surface area contributed by atoms with E-state index in [1.54, 1.807) is 0 Å². The fraction of sp³-hybridized carbons (Fsp3) is 0.700. The first kappa shape index (κ1) is 12.9. The number of nitrogens with zero attached hydrogens (tertiary/aromatic N) is 2. The van der Waals surface area contributed by atoms with Crippen LogP contribution in [0.15, 0.2) is 0 Å². The van der Waals surface area contributed by atoms with Gasteiger partial charge in [0.1, 0.15) is 5.01 Å². The Bertz CT molecular complexity index is 337. The summed E-state index contributed by atoms with van der Waals surface area (Å²) in [6.07, 6.45) is 0.946. The summed E-state index contributed by atoms with van der Waals surface area (Å²) in [7, 11) is 0. The Balaban J connectivity index is 2.33. The Kier molecular flexibility index (Phi) is 5.18. The zero-order valence-electron chi connectivity index (χ0n) is 9.91. The SMILES string of the molecule is CCCNC(=O)CNc1nnc(C(C)C)s1. The van der Waals surface area contributed by atoms with Crippen LogP contribution in [0.4, 0.5) is 5.13 Å². The van der Waals surface area contributed by atoms with Crippen LogP contribution in [0.3, 0.4) is 0 Å². The van der Waals surface area contributed by atoms with Gasteiger partial charge in [0.15, 0.2) is 0 Å². The molecule has 0 atom stereocenters. The smallest absolute Gasteiger partial charge is 0.239 e. The first-order valence-electron chi connectivity index (χ1n) is 5.47. The van der Waals surface area contributed by atoms with Crippen LogP contribution in [0.25, 0.3) is 0 Å². The van der Waals surface area contributed by atoms with E-state index in [9.17, 15) is 4.79 Å². The van der Waals surface area contributed by atoms with Crippen molar-refractivity contribution in [2.75, 3.05) is 18.4 Å². The summed E-state index contributed by atoms with van der Waals surface area (Å²) >= 11 is 1.49. The summed E-state index contributed by atoms with van der Waals surface area (Å²) < 4.78 is 0. The molecule has 5 nitrogen and oxygen atoms in total. The molecule has 6 heteroatoms. The monoisotopic (exact) mass is 242 g/mol. The predicted octanol–water partition coefficient (Wildman–Crippen LogP) is 1.60. The van der Waals surface area contributed by atoms with Crippen molar-refractivity contribution >= 4 is 22.4 Å². The predicted molar refractivity (Wildman–Crippen MR) is 65.8 cm³/mol. The van der Waals surface area contributed by atoms with Gasteiger partial charge in [-0.3, -0.25) is 4.79 Å². The van der Waals surface area contributed by atoms with Crippen molar-refractivity contribution in [3.63, 3.8) is 0 Å². The molecule has 0 fully saturated rings. The number of hydrogen-bond acceptors (Lipinski definition) is 5. The van der Waals surface area contributed by atoms with Gasteiger partial charge in [0.05, 0.1) is 6.54 Å². The van der Waals surface area contributed by atoms with E-state index in [1.165, 1.54) is 11.3 Å². The highest BCUT2D eigenvalue weighted by Gasteiger charge is 2.08. The highest BCUT2D eigenvalue weighted by atomic mass is 32.1. The second-order valence-corrected chi connectivity index (χ2v) is 4.81. The minimum absolute atomic E-state index is 0.0110. The molecule has 0 radical (unpaired) electrons. The van der Waals surface area contributed by atoms with Crippen molar-refractivity contribution in [3.05, 3.63) is 5.01 Å². The third-order valence-corrected chi connectivity index (χ3v) is 3.09. The van der Waals surface area contributed by atoms with Gasteiger partial charge >= 0.3 is 0 Å². The van der Waals surface area contributed by atoms with Gasteiger partial charge in [-0.25, -0.2) is 0 Å². The van der Waals surface area contributed by atoms with Crippen LogP contribution in [0.5, 0.6) is 0 Å². The summed E-state index contributed by atoms with van der Waals surface area (Å²) in [5, 5.41) is 15.4. The van der Waals surface area contributed by atoms with Gasteiger partial charge in [0.2, 0.25) is 11.0 Å². The Hall–Kier alpha value is -1.17. The molecule has 1 amide bonds. The van der Waals surface area contributed by atoms with Crippen molar-refractivity contribution in [1.29, 1.82) is 0 Å². The number of amides is 1. The average Bonchev–Trinajstić information content (AvgIpc) is 2.72. The van der Waals surface area contributed by atoms with E-state index in [-0.39, 0.29) is 12.5 Å². The standard InChI is InChI=1S/C10H18N4OS/c1-4-5-11-8(15)6-12-10-14-13-9(16-10)7(2)3/h7H,4-6H2,1-3H3,(H,11,15)(H,12,14). The van der Waals surface area contributed by atoms with Crippen LogP contribution in [0, 0.1) is 0 Å². The van der Waals surface area contributed by atoms with Crippen molar-refractivity contribution < 1.29 is 4.79 Å². The van der Waals surface area contributed by atoms with Crippen LogP contribution in [0.1, 0.15) is 38.1 Å². The van der Waals surface area contributed by atoms with Crippen LogP contribution in [0.2, 0.25) is 0 Å². The molecular weight excluding hydrogens is 224 g/mol. The van der Waals surface area contributed by atoms with E-state index in [1.807, 2.05) is 6.92 Å². The lowest BCUT2D eigenvalue weighted by Crippen LogP contribution is -2.30. The maximum atomic E-state index is 11.3. The molecule has 0 saturated heterocycles. The number of aromatic nitrogens is 2. The van der Waals surface area contributed by atoms with Gasteiger partial charge in [-0.05, 0) is 6.42 Å². The highest BCUT2D eigenvalue weighted by molar-refractivity contribution is 7.15. The summed E-state index contributed by atoms with van der Waals surface area (Å²) in [4.78, 5) is 11.3. The van der Waals surface area contributed by atoms with Crippen LogP contribution < -0.4 is 10.6 Å². The Morgan fingerprint density at radius 1 is 1.44 bits per heavy atom. The van der Waals surface area contributed by atoms with E-state index in [0.717, 1.165) is 11.4 Å². The summed E-state index contributed by atoms with van der Waals surface area (Å²) in [5.74, 6) is 0.366. The molecule has 16 heavy (non-hydrogen) atoms. The minimum Gasteiger partial charge on any atom is -0.355 e. The fourth-order valence-electron chi connectivity index (χ4n) is 1.02. The molecule has 2 N–H and O–H groups in total. The molecule has 0 saturated carbocycles. The van der Waals surface area contributed by atoms with Gasteiger partial charge in [-0.1, -0.05) is 32.1 Å². The number of rotatable bonds is 6. The molecule has 90 valence electrons. The molecule has 0 aliphatic carbocycles. The lowest BCUT2D eigenvalue weighted by Gasteiger charge is -2.03. The van der Waals surface area contributed by atoms with Crippen molar-refractivity contribution in [2.24, 2.45) is 0 Å². The Morgan fingerprint density at radius 3 is 2.75 bits per heavy atom. The summed E-state index contributed by atoms with van der Waals surface area (Å²) in [5.41, 5.74) is 0. The molecule has 0 spiro atoms. The van der Waals surface area contributed by atoms with E-state index in [4.69, 9.17) is 0 Å². The molecule has 0 unspecified atom stereocenters. The van der Waals surface area contributed by atoms with E-state index in [0.29, 0.717) is 17.6 Å². The highest BCUT2D eigenvalue weighted by Crippen LogP contribution is 2.21. The number of carbonyl (C=O) groups excluding carboxylic acids is 1. The molecule has 1 aromatic rings. The van der Waals surface area contributed by atoms with E-state index < -0.39 is 0 Å². The molecule has 0 bridgehead atoms. The Morgan fingerprint density at radius 2 is 2.19 bits per heavy atom. The lowest BCUT2D eigenvalue weighted by atomic mass is 10.2. The second kappa shape index (κ2) is 6.42. The zero-order valence-corrected chi connectivity index (χ0v) is 10.7. The number of nitrogens with one attached hydrogen (secondary N) is 2. The minimum atomic E-state index is -0.0110. The largest absolute Gasteiger partial charge is 0.355 e. The third kappa shape index (κ3) is 4.14. The lowest BCUT2D eigenvalue weighted by molar-refractivity contribution is -0.119. The average molecular weight is 242 g/mol.